The summed E-state index contributed by atoms with van der Waals surface area (Å²) in [5, 5.41) is 1.11. The monoisotopic (exact) mass is 422 g/mol. The van der Waals surface area contributed by atoms with E-state index in [1.807, 2.05) is 47.9 Å². The number of hydrogen-bond donors (Lipinski definition) is 0. The lowest BCUT2D eigenvalue weighted by atomic mass is 10.1. The number of ether oxygens (including phenoxy) is 1. The van der Waals surface area contributed by atoms with Crippen LogP contribution in [0, 0.1) is 0 Å². The van der Waals surface area contributed by atoms with Crippen molar-refractivity contribution in [3.8, 4) is 0 Å². The molecule has 0 bridgehead atoms. The summed E-state index contributed by atoms with van der Waals surface area (Å²) in [4.78, 5) is 17.4. The van der Waals surface area contributed by atoms with Crippen LogP contribution in [0.2, 0.25) is 10.0 Å². The fourth-order valence-electron chi connectivity index (χ4n) is 2.78. The Labute approximate surface area is 172 Å². The highest BCUT2D eigenvalue weighted by Gasteiger charge is 2.12. The van der Waals surface area contributed by atoms with Crippen LogP contribution in [0.1, 0.15) is 18.9 Å². The van der Waals surface area contributed by atoms with Gasteiger partial charge in [-0.2, -0.15) is 4.99 Å². The molecule has 0 fully saturated rings. The first-order chi connectivity index (χ1) is 13.1. The zero-order valence-corrected chi connectivity index (χ0v) is 17.3. The van der Waals surface area contributed by atoms with Crippen molar-refractivity contribution in [2.75, 3.05) is 13.2 Å². The summed E-state index contributed by atoms with van der Waals surface area (Å²) in [5.41, 5.74) is 1.96. The molecule has 0 aliphatic carbocycles. The zero-order valence-electron chi connectivity index (χ0n) is 15.0. The van der Waals surface area contributed by atoms with Crippen molar-refractivity contribution in [1.82, 2.24) is 4.57 Å². The molecule has 7 heteroatoms. The van der Waals surface area contributed by atoms with Gasteiger partial charge in [-0.3, -0.25) is 4.79 Å². The molecule has 3 aromatic rings. The topological polar surface area (TPSA) is 43.6 Å². The SMILES string of the molecule is CCOCCn1c(=NC(=O)CCc2ccccc2)sc2cc(Cl)cc(Cl)c21. The summed E-state index contributed by atoms with van der Waals surface area (Å²) in [6.45, 7) is 3.67. The molecule has 0 unspecified atom stereocenters. The maximum atomic E-state index is 12.4. The number of amides is 1. The van der Waals surface area contributed by atoms with Crippen molar-refractivity contribution in [3.63, 3.8) is 0 Å². The minimum absolute atomic E-state index is 0.155. The van der Waals surface area contributed by atoms with E-state index in [-0.39, 0.29) is 5.91 Å². The number of halogens is 2. The van der Waals surface area contributed by atoms with Crippen molar-refractivity contribution >= 4 is 50.7 Å². The van der Waals surface area contributed by atoms with Crippen molar-refractivity contribution in [2.45, 2.75) is 26.3 Å². The summed E-state index contributed by atoms with van der Waals surface area (Å²) in [6, 6.07) is 13.5. The van der Waals surface area contributed by atoms with Gasteiger partial charge < -0.3 is 9.30 Å². The number of carbonyl (C=O) groups is 1. The summed E-state index contributed by atoms with van der Waals surface area (Å²) in [5.74, 6) is -0.155. The first-order valence-electron chi connectivity index (χ1n) is 8.76. The number of carbonyl (C=O) groups excluding carboxylic acids is 1. The second-order valence-electron chi connectivity index (χ2n) is 5.96. The standard InChI is InChI=1S/C20H20Cl2N2O2S/c1-2-26-11-10-24-19-16(22)12-15(21)13-17(19)27-20(24)23-18(25)9-8-14-6-4-3-5-7-14/h3-7,12-13H,2,8-11H2,1H3. The fourth-order valence-corrected chi connectivity index (χ4v) is 4.64. The Balaban J connectivity index is 1.91. The van der Waals surface area contributed by atoms with E-state index in [4.69, 9.17) is 27.9 Å². The fraction of sp³-hybridized carbons (Fsp3) is 0.300. The van der Waals surface area contributed by atoms with E-state index in [1.54, 1.807) is 6.07 Å². The highest BCUT2D eigenvalue weighted by molar-refractivity contribution is 7.16. The van der Waals surface area contributed by atoms with E-state index >= 15 is 0 Å². The molecule has 142 valence electrons. The largest absolute Gasteiger partial charge is 0.380 e. The predicted octanol–water partition coefficient (Wildman–Crippen LogP) is 5.11. The van der Waals surface area contributed by atoms with Crippen molar-refractivity contribution in [1.29, 1.82) is 0 Å². The summed E-state index contributed by atoms with van der Waals surface area (Å²) in [7, 11) is 0. The lowest BCUT2D eigenvalue weighted by Crippen LogP contribution is -2.20. The number of hydrogen-bond acceptors (Lipinski definition) is 3. The van der Waals surface area contributed by atoms with Crippen molar-refractivity contribution in [2.24, 2.45) is 4.99 Å². The third-order valence-electron chi connectivity index (χ3n) is 4.05. The third kappa shape index (κ3) is 5.20. The second-order valence-corrected chi connectivity index (χ2v) is 7.81. The minimum atomic E-state index is -0.155. The average Bonchev–Trinajstić information content (AvgIpc) is 2.98. The van der Waals surface area contributed by atoms with E-state index in [0.29, 0.717) is 47.4 Å². The van der Waals surface area contributed by atoms with E-state index in [1.165, 1.54) is 11.3 Å². The van der Waals surface area contributed by atoms with E-state index in [0.717, 1.165) is 15.8 Å². The predicted molar refractivity (Wildman–Crippen MR) is 112 cm³/mol. The van der Waals surface area contributed by atoms with Crippen LogP contribution >= 0.6 is 34.5 Å². The van der Waals surface area contributed by atoms with Crippen LogP contribution < -0.4 is 4.80 Å². The Morgan fingerprint density at radius 2 is 2.00 bits per heavy atom. The summed E-state index contributed by atoms with van der Waals surface area (Å²) in [6.07, 6.45) is 1.03. The van der Waals surface area contributed by atoms with Gasteiger partial charge in [0.2, 0.25) is 5.91 Å². The quantitative estimate of drug-likeness (QED) is 0.496. The first kappa shape index (κ1) is 20.1. The molecule has 4 nitrogen and oxygen atoms in total. The third-order valence-corrected chi connectivity index (χ3v) is 5.58. The van der Waals surface area contributed by atoms with Gasteiger partial charge in [0.05, 0.1) is 21.8 Å². The molecule has 1 amide bonds. The van der Waals surface area contributed by atoms with Crippen molar-refractivity contribution in [3.05, 3.63) is 62.9 Å². The molecule has 1 heterocycles. The number of rotatable bonds is 7. The van der Waals surface area contributed by atoms with Gasteiger partial charge in [-0.05, 0) is 31.0 Å². The number of aryl methyl sites for hydroxylation is 1. The second kappa shape index (κ2) is 9.51. The van der Waals surface area contributed by atoms with Gasteiger partial charge in [0.15, 0.2) is 4.80 Å². The van der Waals surface area contributed by atoms with Crippen LogP contribution in [-0.2, 0) is 22.5 Å². The normalized spacial score (nSPS) is 12.0. The van der Waals surface area contributed by atoms with Crippen LogP contribution in [0.4, 0.5) is 0 Å². The number of fused-ring (bicyclic) bond motifs is 1. The Hall–Kier alpha value is -1.66. The maximum Gasteiger partial charge on any atom is 0.248 e. The number of benzene rings is 2. The van der Waals surface area contributed by atoms with Gasteiger partial charge in [0, 0.05) is 24.6 Å². The van der Waals surface area contributed by atoms with Crippen LogP contribution in [0.15, 0.2) is 47.5 Å². The van der Waals surface area contributed by atoms with Crippen LogP contribution in [0.5, 0.6) is 0 Å². The molecule has 0 atom stereocenters. The lowest BCUT2D eigenvalue weighted by molar-refractivity contribution is -0.118. The molecular formula is C20H20Cl2N2O2S. The molecule has 0 spiro atoms. The highest BCUT2D eigenvalue weighted by atomic mass is 35.5. The molecule has 0 saturated carbocycles. The zero-order chi connectivity index (χ0) is 19.2. The molecule has 27 heavy (non-hydrogen) atoms. The molecule has 0 radical (unpaired) electrons. The molecule has 0 N–H and O–H groups in total. The molecule has 2 aromatic carbocycles. The Kier molecular flexibility index (Phi) is 7.07. The van der Waals surface area contributed by atoms with Gasteiger partial charge >= 0.3 is 0 Å². The molecule has 1 aromatic heterocycles. The molecular weight excluding hydrogens is 403 g/mol. The maximum absolute atomic E-state index is 12.4. The van der Waals surface area contributed by atoms with Crippen LogP contribution in [-0.4, -0.2) is 23.7 Å². The summed E-state index contributed by atoms with van der Waals surface area (Å²) >= 11 is 13.9. The molecule has 0 aliphatic heterocycles. The number of aromatic nitrogens is 1. The molecule has 3 rings (SSSR count). The summed E-state index contributed by atoms with van der Waals surface area (Å²) < 4.78 is 8.31. The Morgan fingerprint density at radius 3 is 2.74 bits per heavy atom. The van der Waals surface area contributed by atoms with Gasteiger partial charge in [0.1, 0.15) is 0 Å². The van der Waals surface area contributed by atoms with Crippen LogP contribution in [0.25, 0.3) is 10.2 Å². The van der Waals surface area contributed by atoms with E-state index < -0.39 is 0 Å². The smallest absolute Gasteiger partial charge is 0.248 e. The molecule has 0 saturated heterocycles. The van der Waals surface area contributed by atoms with Gasteiger partial charge in [0.25, 0.3) is 0 Å². The first-order valence-corrected chi connectivity index (χ1v) is 10.3. The number of nitrogens with zero attached hydrogens (tertiary/aromatic N) is 2. The van der Waals surface area contributed by atoms with Gasteiger partial charge in [-0.15, -0.1) is 0 Å². The molecule has 0 aliphatic rings. The van der Waals surface area contributed by atoms with Crippen molar-refractivity contribution < 1.29 is 9.53 Å². The Bertz CT molecular complexity index is 996. The van der Waals surface area contributed by atoms with E-state index in [2.05, 4.69) is 4.99 Å². The Morgan fingerprint density at radius 1 is 1.22 bits per heavy atom. The van der Waals surface area contributed by atoms with Crippen LogP contribution in [0.3, 0.4) is 0 Å². The van der Waals surface area contributed by atoms with Gasteiger partial charge in [-0.25, -0.2) is 0 Å². The number of thiazole rings is 1. The average molecular weight is 423 g/mol. The van der Waals surface area contributed by atoms with E-state index in [9.17, 15) is 4.79 Å². The highest BCUT2D eigenvalue weighted by Crippen LogP contribution is 2.29. The lowest BCUT2D eigenvalue weighted by Gasteiger charge is -2.07. The van der Waals surface area contributed by atoms with Gasteiger partial charge in [-0.1, -0.05) is 64.9 Å². The minimum Gasteiger partial charge on any atom is -0.380 e.